The van der Waals surface area contributed by atoms with E-state index in [-0.39, 0.29) is 0 Å². The molecule has 0 aromatic carbocycles. The van der Waals surface area contributed by atoms with Gasteiger partial charge in [-0.2, -0.15) is 0 Å². The molecule has 0 fully saturated rings. The minimum absolute atomic E-state index is 0.604. The minimum Gasteiger partial charge on any atom is -0.221 e. The van der Waals surface area contributed by atoms with Gasteiger partial charge < -0.3 is 0 Å². The molecule has 0 heterocycles. The maximum atomic E-state index is 9.44. The van der Waals surface area contributed by atoms with E-state index in [0.717, 1.165) is 0 Å². The predicted octanol–water partition coefficient (Wildman–Crippen LogP) is 1.16. The first-order valence-corrected chi connectivity index (χ1v) is 1.95. The zero-order valence-corrected chi connectivity index (χ0v) is 3.95. The molecule has 0 aliphatic rings. The smallest absolute Gasteiger partial charge is 0.145 e. The van der Waals surface area contributed by atoms with Crippen LogP contribution in [-0.4, -0.2) is 5.01 Å². The maximum absolute atomic E-state index is 9.44. The molecule has 0 rings (SSSR count). The Morgan fingerprint density at radius 2 is 2.00 bits per heavy atom. The highest BCUT2D eigenvalue weighted by Crippen LogP contribution is 1.86. The molecule has 0 aromatic rings. The zero-order valence-electron chi connectivity index (χ0n) is 2.36. The highest BCUT2D eigenvalue weighted by molar-refractivity contribution is 9.09. The fourth-order valence-corrected chi connectivity index (χ4v) is 0. The van der Waals surface area contributed by atoms with Crippen molar-refractivity contribution >= 4 is 15.9 Å². The molecule has 0 saturated heterocycles. The highest BCUT2D eigenvalue weighted by Gasteiger charge is 1.76. The monoisotopic (exact) mass is 123 g/mol. The van der Waals surface area contributed by atoms with E-state index in [9.17, 15) is 5.11 Å². The van der Waals surface area contributed by atoms with Crippen LogP contribution >= 0.6 is 15.9 Å². The second-order valence-corrected chi connectivity index (χ2v) is 1.83. The van der Waals surface area contributed by atoms with Crippen LogP contribution in [0.2, 0.25) is 0 Å². The zero-order chi connectivity index (χ0) is 3.58. The van der Waals surface area contributed by atoms with Crippen LogP contribution in [0.4, 0.5) is 0 Å². The quantitative estimate of drug-likeness (QED) is 0.431. The van der Waals surface area contributed by atoms with Gasteiger partial charge in [0.2, 0.25) is 0 Å². The third-order valence-corrected chi connectivity index (χ3v) is 0. The summed E-state index contributed by atoms with van der Waals surface area (Å²) in [6.07, 6.45) is 0. The molecule has 0 N–H and O–H groups in total. The van der Waals surface area contributed by atoms with Gasteiger partial charge in [0.15, 0.2) is 0 Å². The summed E-state index contributed by atoms with van der Waals surface area (Å²) in [6.45, 7) is 1.53. The third-order valence-electron chi connectivity index (χ3n) is 0. The molecule has 1 unspecified atom stereocenters. The Balaban J connectivity index is 2.32. The Hall–Kier alpha value is 0.440. The van der Waals surface area contributed by atoms with Crippen molar-refractivity contribution < 1.29 is 5.11 Å². The summed E-state index contributed by atoms with van der Waals surface area (Å²) < 4.78 is 0. The van der Waals surface area contributed by atoms with Crippen molar-refractivity contribution in [2.45, 2.75) is 11.9 Å². The molecule has 0 aliphatic heterocycles. The lowest BCUT2D eigenvalue weighted by atomic mass is 10.9. The van der Waals surface area contributed by atoms with Crippen molar-refractivity contribution in [3.63, 3.8) is 0 Å². The van der Waals surface area contributed by atoms with Gasteiger partial charge in [0.05, 0.1) is 0 Å². The Labute approximate surface area is 33.8 Å². The molecule has 0 bridgehead atoms. The Kier molecular flexibility index (Phi) is 1.92. The van der Waals surface area contributed by atoms with Crippen molar-refractivity contribution in [2.24, 2.45) is 0 Å². The summed E-state index contributed by atoms with van der Waals surface area (Å²) in [6, 6.07) is 0. The predicted molar refractivity (Wildman–Crippen MR) is 19.1 cm³/mol. The van der Waals surface area contributed by atoms with Crippen molar-refractivity contribution in [1.29, 1.82) is 0 Å². The Morgan fingerprint density at radius 3 is 2.00 bits per heavy atom. The summed E-state index contributed by atoms with van der Waals surface area (Å²) >= 11 is 2.72. The first-order chi connectivity index (χ1) is 1.73. The van der Waals surface area contributed by atoms with Crippen LogP contribution in [-0.2, 0) is 5.11 Å². The van der Waals surface area contributed by atoms with E-state index in [2.05, 4.69) is 15.9 Å². The van der Waals surface area contributed by atoms with E-state index < -0.39 is 5.01 Å². The van der Waals surface area contributed by atoms with Gasteiger partial charge >= 0.3 is 0 Å². The van der Waals surface area contributed by atoms with E-state index in [4.69, 9.17) is 0 Å². The summed E-state index contributed by atoms with van der Waals surface area (Å²) in [5.41, 5.74) is 0. The van der Waals surface area contributed by atoms with Gasteiger partial charge in [0.1, 0.15) is 5.01 Å². The maximum Gasteiger partial charge on any atom is 0.145 e. The van der Waals surface area contributed by atoms with Gasteiger partial charge in [-0.15, -0.1) is 0 Å². The largest absolute Gasteiger partial charge is 0.221 e. The van der Waals surface area contributed by atoms with E-state index in [1.165, 1.54) is 6.92 Å². The van der Waals surface area contributed by atoms with Gasteiger partial charge in [0.25, 0.3) is 0 Å². The SMILES string of the molecule is CC([O])Br. The van der Waals surface area contributed by atoms with Crippen LogP contribution in [0.3, 0.4) is 0 Å². The molecule has 0 aromatic heterocycles. The van der Waals surface area contributed by atoms with E-state index in [1.54, 1.807) is 0 Å². The molecular formula is C2H4BrO. The first kappa shape index (κ1) is 4.44. The second-order valence-electron chi connectivity index (χ2n) is 0.543. The summed E-state index contributed by atoms with van der Waals surface area (Å²) in [5.74, 6) is 0. The molecule has 2 heteroatoms. The van der Waals surface area contributed by atoms with Crippen LogP contribution in [0.15, 0.2) is 0 Å². The molecule has 4 heavy (non-hydrogen) atoms. The van der Waals surface area contributed by atoms with Crippen molar-refractivity contribution in [1.82, 2.24) is 0 Å². The number of rotatable bonds is 0. The van der Waals surface area contributed by atoms with Crippen LogP contribution in [0, 0.1) is 0 Å². The summed E-state index contributed by atoms with van der Waals surface area (Å²) in [5, 5.41) is 8.84. The van der Waals surface area contributed by atoms with Crippen molar-refractivity contribution in [3.05, 3.63) is 0 Å². The highest BCUT2D eigenvalue weighted by atomic mass is 79.9. The summed E-state index contributed by atoms with van der Waals surface area (Å²) in [4.78, 5) is 0. The van der Waals surface area contributed by atoms with Gasteiger partial charge in [-0.25, -0.2) is 5.11 Å². The fourth-order valence-electron chi connectivity index (χ4n) is 0. The molecule has 0 amide bonds. The van der Waals surface area contributed by atoms with Crippen LogP contribution < -0.4 is 0 Å². The van der Waals surface area contributed by atoms with Crippen molar-refractivity contribution in [3.8, 4) is 0 Å². The number of halogens is 1. The first-order valence-electron chi connectivity index (χ1n) is 1.03. The van der Waals surface area contributed by atoms with Gasteiger partial charge in [-0.1, -0.05) is 15.9 Å². The van der Waals surface area contributed by atoms with Crippen LogP contribution in [0.1, 0.15) is 6.92 Å². The lowest BCUT2D eigenvalue weighted by molar-refractivity contribution is 0.187. The van der Waals surface area contributed by atoms with Crippen LogP contribution in [0.5, 0.6) is 0 Å². The molecule has 0 aliphatic carbocycles. The molecular weight excluding hydrogens is 120 g/mol. The Morgan fingerprint density at radius 1 is 2.00 bits per heavy atom. The molecule has 0 spiro atoms. The standard InChI is InChI=1S/C2H4BrO/c1-2(3)4/h2H,1H3. The van der Waals surface area contributed by atoms with E-state index >= 15 is 0 Å². The number of hydrogen-bond acceptors (Lipinski definition) is 0. The molecule has 0 saturated carbocycles. The lowest BCUT2D eigenvalue weighted by Crippen LogP contribution is -1.74. The second kappa shape index (κ2) is 1.73. The van der Waals surface area contributed by atoms with Gasteiger partial charge in [-0.05, 0) is 6.92 Å². The lowest BCUT2D eigenvalue weighted by Gasteiger charge is -1.72. The van der Waals surface area contributed by atoms with Gasteiger partial charge in [0, 0.05) is 0 Å². The molecule has 1 nitrogen and oxygen atoms in total. The third kappa shape index (κ3) is 26.1. The Bertz CT molecular complexity index is 10.8. The molecule has 25 valence electrons. The molecule has 1 radical (unpaired) electrons. The van der Waals surface area contributed by atoms with E-state index in [0.29, 0.717) is 0 Å². The number of hydrogen-bond donors (Lipinski definition) is 0. The average Bonchev–Trinajstić information content (AvgIpc) is 0.811. The van der Waals surface area contributed by atoms with Crippen LogP contribution in [0.25, 0.3) is 0 Å². The van der Waals surface area contributed by atoms with Crippen molar-refractivity contribution in [2.75, 3.05) is 0 Å². The topological polar surface area (TPSA) is 19.9 Å². The average molecular weight is 124 g/mol. The fraction of sp³-hybridized carbons (Fsp3) is 1.00. The van der Waals surface area contributed by atoms with Gasteiger partial charge in [-0.3, -0.25) is 0 Å². The molecule has 1 atom stereocenters. The minimum atomic E-state index is -0.604. The number of alkyl halides is 1. The normalized spacial score (nSPS) is 15.8. The summed E-state index contributed by atoms with van der Waals surface area (Å²) in [7, 11) is 0. The van der Waals surface area contributed by atoms with E-state index in [1.807, 2.05) is 0 Å².